The van der Waals surface area contributed by atoms with Crippen LogP contribution < -0.4 is 21.7 Å². The molecule has 0 aliphatic carbocycles. The predicted octanol–water partition coefficient (Wildman–Crippen LogP) is 0.227. The van der Waals surface area contributed by atoms with Gasteiger partial charge in [0, 0.05) is 6.54 Å². The van der Waals surface area contributed by atoms with Crippen LogP contribution in [0.3, 0.4) is 0 Å². The first-order valence-corrected chi connectivity index (χ1v) is 6.63. The lowest BCUT2D eigenvalue weighted by atomic mass is 10.1. The summed E-state index contributed by atoms with van der Waals surface area (Å²) in [6.45, 7) is 3.10. The van der Waals surface area contributed by atoms with Gasteiger partial charge in [0.1, 0.15) is 0 Å². The van der Waals surface area contributed by atoms with Crippen molar-refractivity contribution in [1.82, 2.24) is 5.32 Å². The molecule has 20 heavy (non-hydrogen) atoms. The second kappa shape index (κ2) is 7.72. The van der Waals surface area contributed by atoms with Crippen LogP contribution in [0.4, 0.5) is 5.69 Å². The zero-order chi connectivity index (χ0) is 15.1. The maximum Gasteiger partial charge on any atom is 0.236 e. The number of amides is 2. The van der Waals surface area contributed by atoms with Gasteiger partial charge in [-0.15, -0.1) is 0 Å². The van der Waals surface area contributed by atoms with Gasteiger partial charge in [-0.3, -0.25) is 9.59 Å². The Balaban J connectivity index is 3.15. The van der Waals surface area contributed by atoms with Gasteiger partial charge in [-0.2, -0.15) is 0 Å². The van der Waals surface area contributed by atoms with Crippen molar-refractivity contribution in [3.63, 3.8) is 0 Å². The summed E-state index contributed by atoms with van der Waals surface area (Å²) in [5.74, 6) is -1.11. The second-order valence-electron chi connectivity index (χ2n) is 4.32. The van der Waals surface area contributed by atoms with Crippen LogP contribution in [0.25, 0.3) is 0 Å². The molecular formula is C13H19ClN4O2. The van der Waals surface area contributed by atoms with Crippen LogP contribution in [0.5, 0.6) is 0 Å². The number of rotatable bonds is 8. The molecule has 0 heterocycles. The molecule has 0 unspecified atom stereocenters. The Morgan fingerprint density at radius 1 is 1.25 bits per heavy atom. The lowest BCUT2D eigenvalue weighted by Crippen LogP contribution is -2.40. The van der Waals surface area contributed by atoms with E-state index < -0.39 is 11.8 Å². The normalized spacial score (nSPS) is 10.3. The van der Waals surface area contributed by atoms with E-state index in [9.17, 15) is 9.59 Å². The number of nitrogens with one attached hydrogen (secondary N) is 1. The van der Waals surface area contributed by atoms with Crippen LogP contribution in [0.2, 0.25) is 5.02 Å². The van der Waals surface area contributed by atoms with Crippen molar-refractivity contribution < 1.29 is 9.59 Å². The van der Waals surface area contributed by atoms with Gasteiger partial charge in [0.2, 0.25) is 11.8 Å². The number of para-hydroxylation sites is 1. The van der Waals surface area contributed by atoms with Crippen molar-refractivity contribution >= 4 is 29.1 Å². The molecule has 0 aliphatic heterocycles. The van der Waals surface area contributed by atoms with Crippen LogP contribution >= 0.6 is 11.6 Å². The predicted molar refractivity (Wildman–Crippen MR) is 79.4 cm³/mol. The van der Waals surface area contributed by atoms with Crippen molar-refractivity contribution in [3.05, 3.63) is 28.8 Å². The quantitative estimate of drug-likeness (QED) is 0.639. The number of anilines is 1. The number of nitrogens with zero attached hydrogens (tertiary/aromatic N) is 1. The molecule has 1 aromatic carbocycles. The number of hydrogen-bond donors (Lipinski definition) is 3. The Kier molecular flexibility index (Phi) is 6.27. The summed E-state index contributed by atoms with van der Waals surface area (Å²) in [6.07, 6.45) is 0. The Bertz CT molecular complexity index is 477. The average Bonchev–Trinajstić information content (AvgIpc) is 2.34. The highest BCUT2D eigenvalue weighted by molar-refractivity contribution is 6.33. The van der Waals surface area contributed by atoms with E-state index in [0.717, 1.165) is 12.1 Å². The summed E-state index contributed by atoms with van der Waals surface area (Å²) in [5, 5.41) is 3.62. The van der Waals surface area contributed by atoms with Crippen molar-refractivity contribution in [1.29, 1.82) is 0 Å². The number of primary amides is 2. The Hall–Kier alpha value is -1.79. The topological polar surface area (TPSA) is 101 Å². The standard InChI is InChI=1S/C13H19ClN4O2/c1-2-17-6-9-4-3-5-10(14)13(9)18(7-11(15)19)8-12(16)20/h3-5,17H,2,6-8H2,1H3,(H2,15,19)(H2,16,20). The molecule has 2 amide bonds. The third-order valence-corrected chi connectivity index (χ3v) is 2.95. The van der Waals surface area contributed by atoms with Crippen molar-refractivity contribution in [2.24, 2.45) is 11.5 Å². The summed E-state index contributed by atoms with van der Waals surface area (Å²) in [4.78, 5) is 23.8. The molecule has 0 saturated carbocycles. The minimum absolute atomic E-state index is 0.119. The van der Waals surface area contributed by atoms with E-state index in [-0.39, 0.29) is 13.1 Å². The molecule has 0 spiro atoms. The van der Waals surface area contributed by atoms with Crippen LogP contribution in [-0.4, -0.2) is 31.4 Å². The number of carbonyl (C=O) groups is 2. The number of halogens is 1. The van der Waals surface area contributed by atoms with Gasteiger partial charge in [0.05, 0.1) is 23.8 Å². The molecule has 0 atom stereocenters. The number of hydrogen-bond acceptors (Lipinski definition) is 4. The molecule has 0 aliphatic rings. The molecule has 1 rings (SSSR count). The van der Waals surface area contributed by atoms with Gasteiger partial charge >= 0.3 is 0 Å². The molecule has 0 fully saturated rings. The third kappa shape index (κ3) is 4.71. The average molecular weight is 299 g/mol. The second-order valence-corrected chi connectivity index (χ2v) is 4.72. The van der Waals surface area contributed by atoms with E-state index >= 15 is 0 Å². The van der Waals surface area contributed by atoms with Crippen molar-refractivity contribution in [2.75, 3.05) is 24.5 Å². The zero-order valence-electron chi connectivity index (χ0n) is 11.4. The van der Waals surface area contributed by atoms with Gasteiger partial charge in [-0.1, -0.05) is 30.7 Å². The molecule has 5 N–H and O–H groups in total. The summed E-state index contributed by atoms with van der Waals surface area (Å²) >= 11 is 6.20. The maximum atomic E-state index is 11.2. The summed E-state index contributed by atoms with van der Waals surface area (Å²) in [5.41, 5.74) is 11.9. The van der Waals surface area contributed by atoms with Gasteiger partial charge in [0.15, 0.2) is 0 Å². The van der Waals surface area contributed by atoms with Crippen LogP contribution in [0, 0.1) is 0 Å². The first-order chi connectivity index (χ1) is 9.45. The number of benzene rings is 1. The highest BCUT2D eigenvalue weighted by atomic mass is 35.5. The SMILES string of the molecule is CCNCc1cccc(Cl)c1N(CC(N)=O)CC(N)=O. The highest BCUT2D eigenvalue weighted by Crippen LogP contribution is 2.29. The Morgan fingerprint density at radius 2 is 1.85 bits per heavy atom. The van der Waals surface area contributed by atoms with Gasteiger partial charge in [-0.25, -0.2) is 0 Å². The van der Waals surface area contributed by atoms with Crippen molar-refractivity contribution in [3.8, 4) is 0 Å². The van der Waals surface area contributed by atoms with Gasteiger partial charge < -0.3 is 21.7 Å². The Labute approximate surface area is 123 Å². The fourth-order valence-corrected chi connectivity index (χ4v) is 2.22. The molecule has 0 aromatic heterocycles. The summed E-state index contributed by atoms with van der Waals surface area (Å²) < 4.78 is 0. The van der Waals surface area contributed by atoms with E-state index in [1.165, 1.54) is 4.90 Å². The molecule has 110 valence electrons. The lowest BCUT2D eigenvalue weighted by Gasteiger charge is -2.25. The van der Waals surface area contributed by atoms with E-state index in [2.05, 4.69) is 5.32 Å². The monoisotopic (exact) mass is 298 g/mol. The lowest BCUT2D eigenvalue weighted by molar-refractivity contribution is -0.117. The largest absolute Gasteiger partial charge is 0.368 e. The summed E-state index contributed by atoms with van der Waals surface area (Å²) in [6, 6.07) is 5.38. The summed E-state index contributed by atoms with van der Waals surface area (Å²) in [7, 11) is 0. The minimum atomic E-state index is -0.555. The van der Waals surface area contributed by atoms with Crippen LogP contribution in [0.1, 0.15) is 12.5 Å². The van der Waals surface area contributed by atoms with E-state index in [4.69, 9.17) is 23.1 Å². The molecular weight excluding hydrogens is 280 g/mol. The fourth-order valence-electron chi connectivity index (χ4n) is 1.91. The van der Waals surface area contributed by atoms with Crippen LogP contribution in [-0.2, 0) is 16.1 Å². The maximum absolute atomic E-state index is 11.2. The molecule has 6 nitrogen and oxygen atoms in total. The molecule has 0 bridgehead atoms. The number of nitrogens with two attached hydrogens (primary N) is 2. The fraction of sp³-hybridized carbons (Fsp3) is 0.385. The van der Waals surface area contributed by atoms with Crippen molar-refractivity contribution in [2.45, 2.75) is 13.5 Å². The Morgan fingerprint density at radius 3 is 2.35 bits per heavy atom. The van der Waals surface area contributed by atoms with E-state index in [1.54, 1.807) is 6.07 Å². The van der Waals surface area contributed by atoms with Crippen LogP contribution in [0.15, 0.2) is 18.2 Å². The van der Waals surface area contributed by atoms with Gasteiger partial charge in [-0.05, 0) is 18.2 Å². The zero-order valence-corrected chi connectivity index (χ0v) is 12.1. The third-order valence-electron chi connectivity index (χ3n) is 2.65. The van der Waals surface area contributed by atoms with E-state index in [0.29, 0.717) is 17.3 Å². The minimum Gasteiger partial charge on any atom is -0.368 e. The first-order valence-electron chi connectivity index (χ1n) is 6.25. The van der Waals surface area contributed by atoms with E-state index in [1.807, 2.05) is 19.1 Å². The van der Waals surface area contributed by atoms with Gasteiger partial charge in [0.25, 0.3) is 0 Å². The molecule has 7 heteroatoms. The first kappa shape index (κ1) is 16.3. The molecule has 0 radical (unpaired) electrons. The smallest absolute Gasteiger partial charge is 0.236 e. The molecule has 0 saturated heterocycles. The molecule has 1 aromatic rings. The highest BCUT2D eigenvalue weighted by Gasteiger charge is 2.18. The number of carbonyl (C=O) groups excluding carboxylic acids is 2.